The van der Waals surface area contributed by atoms with Crippen molar-refractivity contribution in [3.8, 4) is 0 Å². The summed E-state index contributed by atoms with van der Waals surface area (Å²) in [5.74, 6) is -0.0669. The van der Waals surface area contributed by atoms with Crippen molar-refractivity contribution in [3.05, 3.63) is 17.7 Å². The Labute approximate surface area is 124 Å². The van der Waals surface area contributed by atoms with Crippen molar-refractivity contribution in [2.75, 3.05) is 16.4 Å². The van der Waals surface area contributed by atoms with E-state index in [0.29, 0.717) is 18.5 Å². The van der Waals surface area contributed by atoms with Gasteiger partial charge in [-0.1, -0.05) is 0 Å². The number of hydrogen-bond acceptors (Lipinski definition) is 4. The summed E-state index contributed by atoms with van der Waals surface area (Å²) in [6.07, 6.45) is 1.16. The fraction of sp³-hybridized carbons (Fsp3) is 0.467. The van der Waals surface area contributed by atoms with Crippen molar-refractivity contribution < 1.29 is 9.59 Å². The van der Waals surface area contributed by atoms with Gasteiger partial charge in [0, 0.05) is 18.2 Å². The van der Waals surface area contributed by atoms with Gasteiger partial charge in [-0.2, -0.15) is 0 Å². The first-order valence-corrected chi connectivity index (χ1v) is 7.16. The lowest BCUT2D eigenvalue weighted by Crippen LogP contribution is -2.41. The van der Waals surface area contributed by atoms with Gasteiger partial charge in [-0.25, -0.2) is 0 Å². The summed E-state index contributed by atoms with van der Waals surface area (Å²) in [6, 6.07) is 3.36. The van der Waals surface area contributed by atoms with Gasteiger partial charge in [-0.15, -0.1) is 0 Å². The van der Waals surface area contributed by atoms with Crippen molar-refractivity contribution in [2.24, 2.45) is 0 Å². The average molecular weight is 290 g/mol. The SMILES string of the molecule is CC(C)NC(=O)C(C)Nc1cc2c(cc1N)NC(=O)CC2. The fourth-order valence-corrected chi connectivity index (χ4v) is 2.28. The Hall–Kier alpha value is -2.24. The van der Waals surface area contributed by atoms with E-state index < -0.39 is 0 Å². The molecule has 1 aliphatic heterocycles. The number of carbonyl (C=O) groups is 2. The quantitative estimate of drug-likeness (QED) is 0.631. The van der Waals surface area contributed by atoms with Gasteiger partial charge in [0.05, 0.1) is 11.4 Å². The summed E-state index contributed by atoms with van der Waals surface area (Å²) in [5.41, 5.74) is 9.02. The highest BCUT2D eigenvalue weighted by atomic mass is 16.2. The van der Waals surface area contributed by atoms with Crippen LogP contribution in [0.3, 0.4) is 0 Å². The lowest BCUT2D eigenvalue weighted by atomic mass is 10.0. The highest BCUT2D eigenvalue weighted by Crippen LogP contribution is 2.31. The van der Waals surface area contributed by atoms with E-state index in [0.717, 1.165) is 16.9 Å². The molecule has 1 aromatic carbocycles. The van der Waals surface area contributed by atoms with Gasteiger partial charge in [0.1, 0.15) is 6.04 Å². The smallest absolute Gasteiger partial charge is 0.242 e. The van der Waals surface area contributed by atoms with Crippen molar-refractivity contribution in [2.45, 2.75) is 45.7 Å². The Morgan fingerprint density at radius 2 is 2.00 bits per heavy atom. The minimum atomic E-state index is -0.383. The van der Waals surface area contributed by atoms with Crippen molar-refractivity contribution in [1.29, 1.82) is 0 Å². The first kappa shape index (κ1) is 15.2. The molecule has 2 amide bonds. The van der Waals surface area contributed by atoms with Crippen LogP contribution in [-0.4, -0.2) is 23.9 Å². The van der Waals surface area contributed by atoms with E-state index >= 15 is 0 Å². The minimum Gasteiger partial charge on any atom is -0.397 e. The molecule has 0 spiro atoms. The molecule has 0 bridgehead atoms. The Kier molecular flexibility index (Phi) is 4.35. The standard InChI is InChI=1S/C15H22N4O2/c1-8(2)17-15(21)9(3)18-13-6-10-4-5-14(20)19-12(10)7-11(13)16/h6-9,18H,4-5,16H2,1-3H3,(H,17,21)(H,19,20). The number of fused-ring (bicyclic) bond motifs is 1. The predicted molar refractivity (Wildman–Crippen MR) is 84.2 cm³/mol. The van der Waals surface area contributed by atoms with Crippen LogP contribution < -0.4 is 21.7 Å². The van der Waals surface area contributed by atoms with Gasteiger partial charge in [0.25, 0.3) is 0 Å². The Morgan fingerprint density at radius 1 is 1.29 bits per heavy atom. The summed E-state index contributed by atoms with van der Waals surface area (Å²) in [6.45, 7) is 5.62. The molecule has 2 rings (SSSR count). The van der Waals surface area contributed by atoms with Crippen molar-refractivity contribution >= 4 is 28.9 Å². The van der Waals surface area contributed by atoms with Crippen LogP contribution in [0.4, 0.5) is 17.1 Å². The Balaban J connectivity index is 2.14. The van der Waals surface area contributed by atoms with Crippen LogP contribution >= 0.6 is 0 Å². The molecule has 0 fully saturated rings. The predicted octanol–water partition coefficient (Wildman–Crippen LogP) is 1.48. The molecule has 1 unspecified atom stereocenters. The molecule has 1 aromatic rings. The zero-order chi connectivity index (χ0) is 15.6. The molecule has 21 heavy (non-hydrogen) atoms. The van der Waals surface area contributed by atoms with E-state index in [-0.39, 0.29) is 23.9 Å². The second kappa shape index (κ2) is 6.03. The highest BCUT2D eigenvalue weighted by molar-refractivity contribution is 5.96. The molecule has 0 saturated carbocycles. The van der Waals surface area contributed by atoms with Crippen LogP contribution in [0.15, 0.2) is 12.1 Å². The normalized spacial score (nSPS) is 15.1. The molecular formula is C15H22N4O2. The van der Waals surface area contributed by atoms with E-state index in [1.807, 2.05) is 19.9 Å². The zero-order valence-electron chi connectivity index (χ0n) is 12.6. The van der Waals surface area contributed by atoms with Crippen molar-refractivity contribution in [1.82, 2.24) is 5.32 Å². The van der Waals surface area contributed by atoms with Gasteiger partial charge in [-0.3, -0.25) is 9.59 Å². The number of nitrogens with two attached hydrogens (primary N) is 1. The number of anilines is 3. The monoisotopic (exact) mass is 290 g/mol. The Morgan fingerprint density at radius 3 is 2.67 bits per heavy atom. The molecule has 6 nitrogen and oxygen atoms in total. The van der Waals surface area contributed by atoms with E-state index in [4.69, 9.17) is 5.73 Å². The van der Waals surface area contributed by atoms with Crippen LogP contribution in [0.2, 0.25) is 0 Å². The molecule has 0 radical (unpaired) electrons. The third-order valence-electron chi connectivity index (χ3n) is 3.37. The maximum atomic E-state index is 11.9. The number of nitrogens with one attached hydrogen (secondary N) is 3. The largest absolute Gasteiger partial charge is 0.397 e. The lowest BCUT2D eigenvalue weighted by Gasteiger charge is -2.22. The molecule has 0 aromatic heterocycles. The number of amides is 2. The van der Waals surface area contributed by atoms with Crippen LogP contribution in [0.5, 0.6) is 0 Å². The van der Waals surface area contributed by atoms with Gasteiger partial charge in [0.15, 0.2) is 0 Å². The third-order valence-corrected chi connectivity index (χ3v) is 3.37. The van der Waals surface area contributed by atoms with E-state index in [9.17, 15) is 9.59 Å². The minimum absolute atomic E-state index is 0.00675. The molecule has 1 heterocycles. The molecule has 0 saturated heterocycles. The summed E-state index contributed by atoms with van der Waals surface area (Å²) in [4.78, 5) is 23.3. The van der Waals surface area contributed by atoms with E-state index in [2.05, 4.69) is 16.0 Å². The highest BCUT2D eigenvalue weighted by Gasteiger charge is 2.19. The van der Waals surface area contributed by atoms with Crippen LogP contribution in [0.25, 0.3) is 0 Å². The lowest BCUT2D eigenvalue weighted by molar-refractivity contribution is -0.122. The second-order valence-corrected chi connectivity index (χ2v) is 5.67. The van der Waals surface area contributed by atoms with Gasteiger partial charge < -0.3 is 21.7 Å². The summed E-state index contributed by atoms with van der Waals surface area (Å²) in [5, 5.41) is 8.78. The summed E-state index contributed by atoms with van der Waals surface area (Å²) >= 11 is 0. The van der Waals surface area contributed by atoms with E-state index in [1.54, 1.807) is 13.0 Å². The molecular weight excluding hydrogens is 268 g/mol. The zero-order valence-corrected chi connectivity index (χ0v) is 12.6. The third kappa shape index (κ3) is 3.65. The van der Waals surface area contributed by atoms with Gasteiger partial charge in [-0.05, 0) is 44.9 Å². The second-order valence-electron chi connectivity index (χ2n) is 5.67. The van der Waals surface area contributed by atoms with Gasteiger partial charge >= 0.3 is 0 Å². The molecule has 1 atom stereocenters. The van der Waals surface area contributed by atoms with E-state index in [1.165, 1.54) is 0 Å². The number of carbonyl (C=O) groups excluding carboxylic acids is 2. The molecule has 5 N–H and O–H groups in total. The first-order chi connectivity index (χ1) is 9.86. The van der Waals surface area contributed by atoms with Crippen LogP contribution in [-0.2, 0) is 16.0 Å². The summed E-state index contributed by atoms with van der Waals surface area (Å²) in [7, 11) is 0. The molecule has 0 aliphatic carbocycles. The molecule has 1 aliphatic rings. The number of aryl methyl sites for hydroxylation is 1. The number of nitrogen functional groups attached to an aromatic ring is 1. The van der Waals surface area contributed by atoms with Crippen molar-refractivity contribution in [3.63, 3.8) is 0 Å². The average Bonchev–Trinajstić information content (AvgIpc) is 2.39. The molecule has 114 valence electrons. The molecule has 6 heteroatoms. The van der Waals surface area contributed by atoms with Gasteiger partial charge in [0.2, 0.25) is 11.8 Å². The number of hydrogen-bond donors (Lipinski definition) is 4. The Bertz CT molecular complexity index is 569. The number of rotatable bonds is 4. The first-order valence-electron chi connectivity index (χ1n) is 7.16. The fourth-order valence-electron chi connectivity index (χ4n) is 2.28. The van der Waals surface area contributed by atoms with Crippen LogP contribution in [0, 0.1) is 0 Å². The maximum absolute atomic E-state index is 11.9. The topological polar surface area (TPSA) is 96.2 Å². The summed E-state index contributed by atoms with van der Waals surface area (Å²) < 4.78 is 0. The number of benzene rings is 1. The maximum Gasteiger partial charge on any atom is 0.242 e. The van der Waals surface area contributed by atoms with Crippen LogP contribution in [0.1, 0.15) is 32.8 Å².